The highest BCUT2D eigenvalue weighted by atomic mass is 32.2. The Morgan fingerprint density at radius 1 is 0.839 bits per heavy atom. The second kappa shape index (κ2) is 17.7. The SMILES string of the molecule is O=C(Nc1ccc(Oc2ccccc2)cc1)NC1CCC(=O)N2CCC[C@@H](C(=O)N[C@@H](Cc3ccccc3)C(=O)CSc3nnnn3-c3ccccc3)N2C1=O. The second-order valence-corrected chi connectivity index (χ2v) is 14.1. The first-order valence-electron chi connectivity index (χ1n) is 18.2. The molecule has 2 fully saturated rings. The summed E-state index contributed by atoms with van der Waals surface area (Å²) in [5.41, 5.74) is 2.01. The van der Waals surface area contributed by atoms with Crippen LogP contribution in [0.1, 0.15) is 31.2 Å². The molecular formula is C40H39N9O6S. The van der Waals surface area contributed by atoms with E-state index in [1.165, 1.54) is 14.7 Å². The maximum Gasteiger partial charge on any atom is 0.319 e. The highest BCUT2D eigenvalue weighted by Crippen LogP contribution is 2.27. The molecule has 5 amide bonds. The highest BCUT2D eigenvalue weighted by Gasteiger charge is 2.45. The molecule has 56 heavy (non-hydrogen) atoms. The topological polar surface area (TPSA) is 181 Å². The first kappa shape index (κ1) is 37.8. The van der Waals surface area contributed by atoms with E-state index >= 15 is 0 Å². The Morgan fingerprint density at radius 2 is 1.52 bits per heavy atom. The molecule has 3 atom stereocenters. The first-order valence-corrected chi connectivity index (χ1v) is 19.2. The van der Waals surface area contributed by atoms with Gasteiger partial charge < -0.3 is 20.7 Å². The minimum Gasteiger partial charge on any atom is -0.457 e. The van der Waals surface area contributed by atoms with E-state index in [2.05, 4.69) is 31.5 Å². The zero-order valence-electron chi connectivity index (χ0n) is 30.2. The number of hydrazine groups is 1. The summed E-state index contributed by atoms with van der Waals surface area (Å²) in [7, 11) is 0. The minimum atomic E-state index is -1.09. The average Bonchev–Trinajstić information content (AvgIpc) is 3.67. The summed E-state index contributed by atoms with van der Waals surface area (Å²) in [5, 5.41) is 23.1. The number of tetrazole rings is 1. The third kappa shape index (κ3) is 9.21. The number of fused-ring (bicyclic) bond motifs is 1. The molecule has 286 valence electrons. The van der Waals surface area contributed by atoms with Crippen molar-refractivity contribution in [2.45, 2.75) is 55.4 Å². The molecule has 0 bridgehead atoms. The molecule has 0 saturated carbocycles. The predicted octanol–water partition coefficient (Wildman–Crippen LogP) is 4.56. The molecule has 3 heterocycles. The van der Waals surface area contributed by atoms with Gasteiger partial charge in [-0.3, -0.25) is 24.2 Å². The molecule has 0 spiro atoms. The van der Waals surface area contributed by atoms with Crippen molar-refractivity contribution in [1.29, 1.82) is 0 Å². The van der Waals surface area contributed by atoms with Gasteiger partial charge in [0, 0.05) is 18.7 Å². The van der Waals surface area contributed by atoms with Gasteiger partial charge in [-0.25, -0.2) is 9.80 Å². The number of aromatic nitrogens is 4. The van der Waals surface area contributed by atoms with Crippen LogP contribution in [0.25, 0.3) is 5.69 Å². The van der Waals surface area contributed by atoms with Crippen LogP contribution in [0, 0.1) is 0 Å². The molecule has 0 radical (unpaired) electrons. The van der Waals surface area contributed by atoms with Gasteiger partial charge in [-0.2, -0.15) is 4.68 Å². The van der Waals surface area contributed by atoms with E-state index in [1.807, 2.05) is 91.0 Å². The van der Waals surface area contributed by atoms with Gasteiger partial charge in [0.1, 0.15) is 23.6 Å². The van der Waals surface area contributed by atoms with Gasteiger partial charge in [-0.15, -0.1) is 5.10 Å². The number of thioether (sulfide) groups is 1. The monoisotopic (exact) mass is 773 g/mol. The number of benzene rings is 4. The van der Waals surface area contributed by atoms with Crippen molar-refractivity contribution in [2.24, 2.45) is 0 Å². The summed E-state index contributed by atoms with van der Waals surface area (Å²) in [6.07, 6.45) is 0.950. The summed E-state index contributed by atoms with van der Waals surface area (Å²) < 4.78 is 7.35. The van der Waals surface area contributed by atoms with Gasteiger partial charge in [-0.1, -0.05) is 78.5 Å². The highest BCUT2D eigenvalue weighted by molar-refractivity contribution is 7.99. The maximum atomic E-state index is 14.2. The zero-order chi connectivity index (χ0) is 38.9. The van der Waals surface area contributed by atoms with E-state index in [0.717, 1.165) is 23.0 Å². The summed E-state index contributed by atoms with van der Waals surface area (Å²) in [5.74, 6) is -0.589. The van der Waals surface area contributed by atoms with Crippen LogP contribution in [0.15, 0.2) is 120 Å². The fourth-order valence-electron chi connectivity index (χ4n) is 6.56. The molecule has 2 saturated heterocycles. The fraction of sp³-hybridized carbons (Fsp3) is 0.250. The van der Waals surface area contributed by atoms with E-state index in [9.17, 15) is 24.0 Å². The van der Waals surface area contributed by atoms with Gasteiger partial charge >= 0.3 is 6.03 Å². The van der Waals surface area contributed by atoms with Crippen molar-refractivity contribution in [1.82, 2.24) is 40.9 Å². The number of hydrogen-bond donors (Lipinski definition) is 3. The number of nitrogens with one attached hydrogen (secondary N) is 3. The number of para-hydroxylation sites is 2. The molecule has 4 aromatic carbocycles. The minimum absolute atomic E-state index is 0.0121. The van der Waals surface area contributed by atoms with E-state index in [4.69, 9.17) is 4.74 Å². The smallest absolute Gasteiger partial charge is 0.319 e. The zero-order valence-corrected chi connectivity index (χ0v) is 31.0. The van der Waals surface area contributed by atoms with Gasteiger partial charge in [0.15, 0.2) is 5.78 Å². The lowest BCUT2D eigenvalue weighted by Crippen LogP contribution is -2.64. The summed E-state index contributed by atoms with van der Waals surface area (Å²) in [6, 6.07) is 30.8. The molecular weight excluding hydrogens is 735 g/mol. The van der Waals surface area contributed by atoms with Crippen LogP contribution in [-0.2, 0) is 25.6 Å². The van der Waals surface area contributed by atoms with Crippen LogP contribution in [0.3, 0.4) is 0 Å². The number of carbonyl (C=O) groups is 5. The number of ether oxygens (including phenoxy) is 1. The van der Waals surface area contributed by atoms with Crippen LogP contribution >= 0.6 is 11.8 Å². The second-order valence-electron chi connectivity index (χ2n) is 13.2. The quantitative estimate of drug-likeness (QED) is 0.144. The van der Waals surface area contributed by atoms with E-state index in [-0.39, 0.29) is 49.7 Å². The summed E-state index contributed by atoms with van der Waals surface area (Å²) in [6.45, 7) is 0.240. The van der Waals surface area contributed by atoms with E-state index < -0.39 is 36.0 Å². The van der Waals surface area contributed by atoms with Crippen LogP contribution < -0.4 is 20.7 Å². The molecule has 2 aliphatic rings. The first-order chi connectivity index (χ1) is 27.3. The summed E-state index contributed by atoms with van der Waals surface area (Å²) >= 11 is 1.14. The van der Waals surface area contributed by atoms with Gasteiger partial charge in [0.25, 0.3) is 5.91 Å². The number of urea groups is 1. The van der Waals surface area contributed by atoms with Gasteiger partial charge in [-0.05, 0) is 90.2 Å². The van der Waals surface area contributed by atoms with Crippen molar-refractivity contribution in [3.8, 4) is 17.2 Å². The van der Waals surface area contributed by atoms with Crippen molar-refractivity contribution >= 4 is 47.0 Å². The molecule has 1 aromatic heterocycles. The molecule has 1 unspecified atom stereocenters. The van der Waals surface area contributed by atoms with E-state index in [1.54, 1.807) is 24.3 Å². The lowest BCUT2D eigenvalue weighted by molar-refractivity contribution is -0.176. The number of nitrogens with zero attached hydrogens (tertiary/aromatic N) is 6. The Kier molecular flexibility index (Phi) is 11.9. The third-order valence-electron chi connectivity index (χ3n) is 9.33. The number of Topliss-reactive ketones (excluding diaryl/α,β-unsaturated/α-hetero) is 1. The maximum absolute atomic E-state index is 14.2. The average molecular weight is 774 g/mol. The van der Waals surface area contributed by atoms with Crippen LogP contribution in [-0.4, -0.2) is 90.2 Å². The Morgan fingerprint density at radius 3 is 2.25 bits per heavy atom. The molecule has 15 nitrogen and oxygen atoms in total. The predicted molar refractivity (Wildman–Crippen MR) is 207 cm³/mol. The summed E-state index contributed by atoms with van der Waals surface area (Å²) in [4.78, 5) is 68.7. The van der Waals surface area contributed by atoms with Crippen molar-refractivity contribution in [3.63, 3.8) is 0 Å². The van der Waals surface area contributed by atoms with Crippen molar-refractivity contribution < 1.29 is 28.7 Å². The number of carbonyl (C=O) groups excluding carboxylic acids is 5. The third-order valence-corrected chi connectivity index (χ3v) is 10.3. The van der Waals surface area contributed by atoms with Crippen LogP contribution in [0.2, 0.25) is 0 Å². The number of amides is 5. The van der Waals surface area contributed by atoms with Crippen molar-refractivity contribution in [3.05, 3.63) is 121 Å². The van der Waals surface area contributed by atoms with Gasteiger partial charge in [0.2, 0.25) is 17.0 Å². The number of ketones is 1. The Bertz CT molecular complexity index is 2160. The molecule has 3 N–H and O–H groups in total. The fourth-order valence-corrected chi connectivity index (χ4v) is 7.39. The Labute approximate surface area is 326 Å². The van der Waals surface area contributed by atoms with E-state index in [0.29, 0.717) is 28.8 Å². The lowest BCUT2D eigenvalue weighted by Gasteiger charge is -2.43. The molecule has 5 aromatic rings. The van der Waals surface area contributed by atoms with Gasteiger partial charge in [0.05, 0.1) is 17.5 Å². The lowest BCUT2D eigenvalue weighted by atomic mass is 10.0. The molecule has 7 rings (SSSR count). The number of rotatable bonds is 13. The standard InChI is InChI=1S/C40H39N9O6S/c50-35(26-56-40-44-45-46-48(40)29-13-6-2-7-14-29)33(25-27-11-4-1-5-12-27)42-37(52)34-17-10-24-47-36(51)23-22-32(38(53)49(34)47)43-39(54)41-28-18-20-31(21-19-28)55-30-15-8-3-9-16-30/h1-9,11-16,18-21,32-34H,10,17,22-26H2,(H,42,52)(H2,41,43,54)/t32?,33-,34-/m0/s1. The Balaban J connectivity index is 1.03. The van der Waals surface area contributed by atoms with Crippen LogP contribution in [0.4, 0.5) is 10.5 Å². The van der Waals surface area contributed by atoms with Crippen molar-refractivity contribution in [2.75, 3.05) is 17.6 Å². The molecule has 0 aliphatic carbocycles. The normalized spacial score (nSPS) is 17.3. The number of anilines is 1. The largest absolute Gasteiger partial charge is 0.457 e. The number of hydrogen-bond acceptors (Lipinski definition) is 10. The molecule has 2 aliphatic heterocycles. The van der Waals surface area contributed by atoms with Crippen LogP contribution in [0.5, 0.6) is 11.5 Å². The Hall–Kier alpha value is -6.55. The molecule has 16 heteroatoms.